The second kappa shape index (κ2) is 20.7. The van der Waals surface area contributed by atoms with Gasteiger partial charge in [-0.1, -0.05) is 71.9 Å². The number of alkyl halides is 2. The Bertz CT molecular complexity index is 1840. The highest BCUT2D eigenvalue weighted by molar-refractivity contribution is 9.11. The first-order valence-electron chi connectivity index (χ1n) is 12.3. The number of fused-ring (bicyclic) bond motifs is 1. The molecule has 0 saturated heterocycles. The molecule has 5 aromatic rings. The van der Waals surface area contributed by atoms with E-state index in [1.165, 1.54) is 7.11 Å². The van der Waals surface area contributed by atoms with Crippen LogP contribution in [0.1, 0.15) is 22.3 Å². The zero-order valence-electron chi connectivity index (χ0n) is 23.5. The van der Waals surface area contributed by atoms with E-state index < -0.39 is 21.4 Å². The molecule has 0 aliphatic rings. The van der Waals surface area contributed by atoms with Gasteiger partial charge in [0.1, 0.15) is 11.0 Å². The van der Waals surface area contributed by atoms with Gasteiger partial charge in [-0.2, -0.15) is 0 Å². The molecule has 0 amide bonds. The molecule has 1 aromatic heterocycles. The van der Waals surface area contributed by atoms with Crippen molar-refractivity contribution >= 4 is 122 Å². The Balaban J connectivity index is 0.000000231. The molecular formula is C27H25Br2Cl2F2N2O5P5S. The number of esters is 1. The summed E-state index contributed by atoms with van der Waals surface area (Å²) in [6.45, 7) is 0.226. The number of ether oxygens (including phenoxy) is 1. The highest BCUT2D eigenvalue weighted by Gasteiger charge is 2.12. The standard InChI is InChI=1S/C14H10BrClO2.C7H5ClF2O2S.C6H3BrN2O.H7P5/c1-18-14(17)10-5-6-12(13(16)8-10)9-3-2-4-11(15)7-9;8-13(11,12)6-3-1-5(2-4-6)7(9)10;7-4-2-1-3-5-6(4)9-10-8-5;1-4-5(2)3/h2-8H,1H3;1-4,7H;1-3H;4H,1-3H2. The van der Waals surface area contributed by atoms with Gasteiger partial charge in [-0.25, -0.2) is 26.6 Å². The first kappa shape index (κ1) is 41.4. The Hall–Kier alpha value is -0.750. The highest BCUT2D eigenvalue weighted by Crippen LogP contribution is 2.71. The Morgan fingerprint density at radius 2 is 1.63 bits per heavy atom. The summed E-state index contributed by atoms with van der Waals surface area (Å²) < 4.78 is 56.5. The van der Waals surface area contributed by atoms with Crippen LogP contribution in [0.3, 0.4) is 0 Å². The maximum Gasteiger partial charge on any atom is 0.337 e. The molecule has 4 atom stereocenters. The maximum absolute atomic E-state index is 12.0. The average Bonchev–Trinajstić information content (AvgIpc) is 3.52. The van der Waals surface area contributed by atoms with Crippen molar-refractivity contribution in [2.45, 2.75) is 11.3 Å². The van der Waals surface area contributed by atoms with E-state index in [-0.39, 0.29) is 17.4 Å². The van der Waals surface area contributed by atoms with Crippen molar-refractivity contribution in [3.63, 3.8) is 0 Å². The molecule has 0 radical (unpaired) electrons. The van der Waals surface area contributed by atoms with Crippen molar-refractivity contribution in [1.29, 1.82) is 0 Å². The number of hydrogen-bond donors (Lipinski definition) is 0. The Labute approximate surface area is 301 Å². The largest absolute Gasteiger partial charge is 0.465 e. The molecule has 7 nitrogen and oxygen atoms in total. The molecule has 0 aliphatic heterocycles. The van der Waals surface area contributed by atoms with E-state index in [2.05, 4.69) is 78.3 Å². The van der Waals surface area contributed by atoms with Gasteiger partial charge in [-0.05, 0) is 87.3 Å². The van der Waals surface area contributed by atoms with Crippen LogP contribution in [0, 0.1) is 0 Å². The molecular weight excluding hydrogens is 888 g/mol. The second-order valence-corrected chi connectivity index (χ2v) is 27.1. The van der Waals surface area contributed by atoms with Gasteiger partial charge in [-0.3, -0.25) is 0 Å². The van der Waals surface area contributed by atoms with Crippen LogP contribution in [-0.2, 0) is 13.8 Å². The topological polar surface area (TPSA) is 99.4 Å². The van der Waals surface area contributed by atoms with E-state index in [1.54, 1.807) is 12.1 Å². The number of rotatable bonds is 5. The minimum Gasteiger partial charge on any atom is -0.465 e. The first-order valence-corrected chi connectivity index (χ1v) is 24.8. The Morgan fingerprint density at radius 3 is 2.13 bits per heavy atom. The van der Waals surface area contributed by atoms with Crippen LogP contribution < -0.4 is 0 Å². The molecule has 4 aromatic carbocycles. The number of nitrogens with zero attached hydrogens (tertiary/aromatic N) is 2. The lowest BCUT2D eigenvalue weighted by Crippen LogP contribution is -2.00. The molecule has 0 saturated carbocycles. The number of carbonyl (C=O) groups excluding carboxylic acids is 1. The zero-order chi connectivity index (χ0) is 34.4. The van der Waals surface area contributed by atoms with Gasteiger partial charge >= 0.3 is 5.97 Å². The quantitative estimate of drug-likeness (QED) is 0.0983. The molecule has 19 heteroatoms. The lowest BCUT2D eigenvalue weighted by Gasteiger charge is -2.07. The van der Waals surface area contributed by atoms with Crippen LogP contribution in [0.25, 0.3) is 22.2 Å². The third-order valence-electron chi connectivity index (χ3n) is 5.33. The third kappa shape index (κ3) is 14.0. The predicted octanol–water partition coefficient (Wildman–Crippen LogP) is 11.5. The summed E-state index contributed by atoms with van der Waals surface area (Å²) >= 11 is 12.9. The fourth-order valence-corrected chi connectivity index (χ4v) is 5.09. The Morgan fingerprint density at radius 1 is 1.00 bits per heavy atom. The summed E-state index contributed by atoms with van der Waals surface area (Å²) in [7, 11) is 11.7. The minimum atomic E-state index is -3.82. The molecule has 0 bridgehead atoms. The average molecular weight is 913 g/mol. The third-order valence-corrected chi connectivity index (χ3v) is 20.1. The van der Waals surface area contributed by atoms with Crippen molar-refractivity contribution in [3.05, 3.63) is 110 Å². The number of methoxy groups -OCH3 is 1. The highest BCUT2D eigenvalue weighted by atomic mass is 79.9. The predicted molar refractivity (Wildman–Crippen MR) is 204 cm³/mol. The molecule has 5 rings (SSSR count). The number of hydrogen-bond acceptors (Lipinski definition) is 7. The van der Waals surface area contributed by atoms with Crippen LogP contribution in [0.2, 0.25) is 5.02 Å². The SMILES string of the molecule is Brc1cccc2nonc12.COC(=O)c1ccc(-c2cccc(Br)c2)c(Cl)c1.O=S(=O)(Cl)c1ccc(C(F)F)cc1.PPP(P)P. The van der Waals surface area contributed by atoms with Gasteiger partial charge < -0.3 is 4.74 Å². The van der Waals surface area contributed by atoms with Crippen molar-refractivity contribution < 1.29 is 31.4 Å². The summed E-state index contributed by atoms with van der Waals surface area (Å²) in [5, 5.41) is 7.87. The van der Waals surface area contributed by atoms with Crippen molar-refractivity contribution in [2.24, 2.45) is 0 Å². The molecule has 0 fully saturated rings. The lowest BCUT2D eigenvalue weighted by molar-refractivity contribution is 0.0600. The second-order valence-electron chi connectivity index (χ2n) is 8.41. The summed E-state index contributed by atoms with van der Waals surface area (Å²) in [5.74, 6) is -0.391. The first-order chi connectivity index (χ1) is 21.7. The monoisotopic (exact) mass is 910 g/mol. The fourth-order valence-electron chi connectivity index (χ4n) is 3.20. The van der Waals surface area contributed by atoms with Gasteiger partial charge in [0.2, 0.25) is 0 Å². The number of carbonyl (C=O) groups is 1. The van der Waals surface area contributed by atoms with Gasteiger partial charge in [0.25, 0.3) is 15.5 Å². The summed E-state index contributed by atoms with van der Waals surface area (Å²) in [6.07, 6.45) is -2.60. The normalized spacial score (nSPS) is 11.0. The molecule has 1 heterocycles. The molecule has 4 unspecified atom stereocenters. The fraction of sp³-hybridized carbons (Fsp3) is 0.0741. The molecule has 0 aliphatic carbocycles. The Kier molecular flexibility index (Phi) is 18.6. The zero-order valence-corrected chi connectivity index (χ0v) is 34.3. The molecule has 246 valence electrons. The van der Waals surface area contributed by atoms with Gasteiger partial charge in [-0.15, -0.1) is 26.8 Å². The lowest BCUT2D eigenvalue weighted by atomic mass is 10.0. The van der Waals surface area contributed by atoms with Crippen LogP contribution in [0.15, 0.2) is 103 Å². The maximum atomic E-state index is 12.0. The van der Waals surface area contributed by atoms with E-state index in [4.69, 9.17) is 22.3 Å². The van der Waals surface area contributed by atoms with Crippen LogP contribution in [0.5, 0.6) is 0 Å². The number of halogens is 6. The molecule has 0 spiro atoms. The van der Waals surface area contributed by atoms with Crippen LogP contribution in [0.4, 0.5) is 8.78 Å². The van der Waals surface area contributed by atoms with Gasteiger partial charge in [0, 0.05) is 35.8 Å². The smallest absolute Gasteiger partial charge is 0.337 e. The molecule has 46 heavy (non-hydrogen) atoms. The van der Waals surface area contributed by atoms with Crippen LogP contribution in [-0.4, -0.2) is 31.8 Å². The van der Waals surface area contributed by atoms with E-state index in [0.29, 0.717) is 10.6 Å². The number of benzene rings is 4. The van der Waals surface area contributed by atoms with E-state index in [9.17, 15) is 22.0 Å². The van der Waals surface area contributed by atoms with E-state index in [0.717, 1.165) is 63.3 Å². The summed E-state index contributed by atoms with van der Waals surface area (Å²) in [4.78, 5) is 11.2. The van der Waals surface area contributed by atoms with Gasteiger partial charge in [0.05, 0.1) is 17.6 Å². The number of aromatic nitrogens is 2. The van der Waals surface area contributed by atoms with Gasteiger partial charge in [0.15, 0.2) is 0 Å². The minimum absolute atomic E-state index is 0.182. The summed E-state index contributed by atoms with van der Waals surface area (Å²) in [5.41, 5.74) is 3.62. The van der Waals surface area contributed by atoms with E-state index >= 15 is 0 Å². The van der Waals surface area contributed by atoms with Crippen molar-refractivity contribution in [3.8, 4) is 11.1 Å². The van der Waals surface area contributed by atoms with Crippen molar-refractivity contribution in [2.75, 3.05) is 7.11 Å². The van der Waals surface area contributed by atoms with E-state index in [1.807, 2.05) is 48.5 Å². The summed E-state index contributed by atoms with van der Waals surface area (Å²) in [6, 6.07) is 22.7. The van der Waals surface area contributed by atoms with Crippen LogP contribution >= 0.6 is 95.9 Å². The van der Waals surface area contributed by atoms with Crippen molar-refractivity contribution in [1.82, 2.24) is 10.3 Å². The molecule has 0 N–H and O–H groups in total.